The van der Waals surface area contributed by atoms with Crippen molar-refractivity contribution >= 4 is 0 Å². The highest BCUT2D eigenvalue weighted by atomic mass is 19.1. The second-order valence-electron chi connectivity index (χ2n) is 5.14. The molecule has 0 amide bonds. The van der Waals surface area contributed by atoms with Crippen LogP contribution in [0.4, 0.5) is 4.39 Å². The Hall–Kier alpha value is -1.13. The number of hydrogen-bond donors (Lipinski definition) is 1. The predicted molar refractivity (Wildman–Crippen MR) is 72.9 cm³/mol. The van der Waals surface area contributed by atoms with Crippen LogP contribution in [0.1, 0.15) is 19.8 Å². The first-order valence-corrected chi connectivity index (χ1v) is 6.95. The molecule has 1 aromatic rings. The molecule has 0 radical (unpaired) electrons. The van der Waals surface area contributed by atoms with Crippen molar-refractivity contribution in [2.75, 3.05) is 26.3 Å². The maximum absolute atomic E-state index is 13.3. The number of ether oxygens (including phenoxy) is 2. The van der Waals surface area contributed by atoms with Crippen LogP contribution in [0.2, 0.25) is 0 Å². The SMILES string of the molecule is C[C@H](CNC[C@H]1CCCO1)COc1ccccc1F. The van der Waals surface area contributed by atoms with E-state index in [9.17, 15) is 4.39 Å². The molecule has 0 aliphatic carbocycles. The minimum Gasteiger partial charge on any atom is -0.490 e. The van der Waals surface area contributed by atoms with Crippen molar-refractivity contribution in [1.82, 2.24) is 5.32 Å². The monoisotopic (exact) mass is 267 g/mol. The molecule has 1 aromatic carbocycles. The first-order valence-electron chi connectivity index (χ1n) is 6.95. The van der Waals surface area contributed by atoms with Gasteiger partial charge < -0.3 is 14.8 Å². The fraction of sp³-hybridized carbons (Fsp3) is 0.600. The molecule has 0 bridgehead atoms. The second kappa shape index (κ2) is 7.46. The van der Waals surface area contributed by atoms with E-state index >= 15 is 0 Å². The van der Waals surface area contributed by atoms with Gasteiger partial charge in [-0.25, -0.2) is 4.39 Å². The van der Waals surface area contributed by atoms with Crippen LogP contribution in [0, 0.1) is 11.7 Å². The van der Waals surface area contributed by atoms with Crippen LogP contribution in [0.25, 0.3) is 0 Å². The van der Waals surface area contributed by atoms with Crippen molar-refractivity contribution < 1.29 is 13.9 Å². The minimum atomic E-state index is -0.304. The molecule has 1 aliphatic rings. The molecular weight excluding hydrogens is 245 g/mol. The van der Waals surface area contributed by atoms with Crippen LogP contribution in [0.15, 0.2) is 24.3 Å². The fourth-order valence-electron chi connectivity index (χ4n) is 2.15. The number of benzene rings is 1. The lowest BCUT2D eigenvalue weighted by atomic mass is 10.2. The molecule has 2 atom stereocenters. The van der Waals surface area contributed by atoms with E-state index in [4.69, 9.17) is 9.47 Å². The van der Waals surface area contributed by atoms with E-state index in [2.05, 4.69) is 12.2 Å². The standard InChI is InChI=1S/C15H22FNO2/c1-12(9-17-10-13-5-4-8-18-13)11-19-15-7-3-2-6-14(15)16/h2-3,6-7,12-13,17H,4-5,8-11H2,1H3/t12-,13-/m1/s1. The Kier molecular flexibility index (Phi) is 5.61. The quantitative estimate of drug-likeness (QED) is 0.823. The molecule has 1 N–H and O–H groups in total. The lowest BCUT2D eigenvalue weighted by Gasteiger charge is -2.16. The first-order chi connectivity index (χ1) is 9.25. The van der Waals surface area contributed by atoms with E-state index in [0.717, 1.165) is 32.5 Å². The topological polar surface area (TPSA) is 30.5 Å². The molecule has 1 heterocycles. The summed E-state index contributed by atoms with van der Waals surface area (Å²) in [5, 5.41) is 3.38. The van der Waals surface area contributed by atoms with E-state index in [0.29, 0.717) is 24.4 Å². The summed E-state index contributed by atoms with van der Waals surface area (Å²) >= 11 is 0. The second-order valence-corrected chi connectivity index (χ2v) is 5.14. The lowest BCUT2D eigenvalue weighted by molar-refractivity contribution is 0.108. The van der Waals surface area contributed by atoms with Gasteiger partial charge in [-0.2, -0.15) is 0 Å². The molecule has 1 saturated heterocycles. The molecule has 3 nitrogen and oxygen atoms in total. The number of para-hydroxylation sites is 1. The largest absolute Gasteiger partial charge is 0.490 e. The van der Waals surface area contributed by atoms with Crippen molar-refractivity contribution in [2.24, 2.45) is 5.92 Å². The van der Waals surface area contributed by atoms with Gasteiger partial charge in [-0.3, -0.25) is 0 Å². The highest BCUT2D eigenvalue weighted by Gasteiger charge is 2.15. The molecule has 1 fully saturated rings. The molecule has 1 aliphatic heterocycles. The Morgan fingerprint density at radius 3 is 3.05 bits per heavy atom. The van der Waals surface area contributed by atoms with E-state index in [1.54, 1.807) is 18.2 Å². The molecule has 106 valence electrons. The third-order valence-electron chi connectivity index (χ3n) is 3.25. The summed E-state index contributed by atoms with van der Waals surface area (Å²) in [4.78, 5) is 0. The molecular formula is C15H22FNO2. The summed E-state index contributed by atoms with van der Waals surface area (Å²) in [6, 6.07) is 6.51. The minimum absolute atomic E-state index is 0.304. The molecule has 0 aromatic heterocycles. The van der Waals surface area contributed by atoms with Crippen molar-refractivity contribution in [3.8, 4) is 5.75 Å². The average molecular weight is 267 g/mol. The zero-order valence-electron chi connectivity index (χ0n) is 11.4. The zero-order valence-corrected chi connectivity index (χ0v) is 11.4. The molecule has 4 heteroatoms. The maximum atomic E-state index is 13.3. The summed E-state index contributed by atoms with van der Waals surface area (Å²) < 4.78 is 24.4. The highest BCUT2D eigenvalue weighted by molar-refractivity contribution is 5.23. The Morgan fingerprint density at radius 1 is 1.47 bits per heavy atom. The maximum Gasteiger partial charge on any atom is 0.165 e. The van der Waals surface area contributed by atoms with Gasteiger partial charge in [-0.1, -0.05) is 19.1 Å². The third-order valence-corrected chi connectivity index (χ3v) is 3.25. The Balaban J connectivity index is 1.61. The third kappa shape index (κ3) is 4.80. The molecule has 2 rings (SSSR count). The van der Waals surface area contributed by atoms with Gasteiger partial charge in [0.05, 0.1) is 12.7 Å². The molecule has 19 heavy (non-hydrogen) atoms. The van der Waals surface area contributed by atoms with Gasteiger partial charge in [0.15, 0.2) is 11.6 Å². The van der Waals surface area contributed by atoms with Gasteiger partial charge in [-0.05, 0) is 25.0 Å². The Bertz CT molecular complexity index is 380. The van der Waals surface area contributed by atoms with Crippen molar-refractivity contribution in [2.45, 2.75) is 25.9 Å². The van der Waals surface area contributed by atoms with Crippen LogP contribution >= 0.6 is 0 Å². The fourth-order valence-corrected chi connectivity index (χ4v) is 2.15. The zero-order chi connectivity index (χ0) is 13.5. The van der Waals surface area contributed by atoms with Crippen LogP contribution in [-0.4, -0.2) is 32.4 Å². The van der Waals surface area contributed by atoms with Crippen LogP contribution in [0.3, 0.4) is 0 Å². The lowest BCUT2D eigenvalue weighted by Crippen LogP contribution is -2.31. The smallest absolute Gasteiger partial charge is 0.165 e. The number of hydrogen-bond acceptors (Lipinski definition) is 3. The summed E-state index contributed by atoms with van der Waals surface area (Å²) in [6.45, 7) is 5.24. The van der Waals surface area contributed by atoms with Gasteiger partial charge in [0.25, 0.3) is 0 Å². The van der Waals surface area contributed by atoms with Crippen molar-refractivity contribution in [3.63, 3.8) is 0 Å². The summed E-state index contributed by atoms with van der Waals surface area (Å²) in [7, 11) is 0. The van der Waals surface area contributed by atoms with Gasteiger partial charge in [0, 0.05) is 25.6 Å². The van der Waals surface area contributed by atoms with Gasteiger partial charge in [-0.15, -0.1) is 0 Å². The van der Waals surface area contributed by atoms with E-state index in [1.165, 1.54) is 6.07 Å². The number of rotatable bonds is 7. The number of halogens is 1. The van der Waals surface area contributed by atoms with Crippen LogP contribution < -0.4 is 10.1 Å². The number of nitrogens with one attached hydrogen (secondary N) is 1. The van der Waals surface area contributed by atoms with Gasteiger partial charge in [0.2, 0.25) is 0 Å². The predicted octanol–water partition coefficient (Wildman–Crippen LogP) is 2.61. The van der Waals surface area contributed by atoms with E-state index in [-0.39, 0.29) is 5.82 Å². The van der Waals surface area contributed by atoms with Crippen LogP contribution in [0.5, 0.6) is 5.75 Å². The Morgan fingerprint density at radius 2 is 2.32 bits per heavy atom. The summed E-state index contributed by atoms with van der Waals surface area (Å²) in [5.74, 6) is 0.358. The molecule has 0 saturated carbocycles. The highest BCUT2D eigenvalue weighted by Crippen LogP contribution is 2.16. The van der Waals surface area contributed by atoms with Gasteiger partial charge in [0.1, 0.15) is 0 Å². The first kappa shape index (κ1) is 14.3. The van der Waals surface area contributed by atoms with Gasteiger partial charge >= 0.3 is 0 Å². The van der Waals surface area contributed by atoms with Crippen molar-refractivity contribution in [3.05, 3.63) is 30.1 Å². The van der Waals surface area contributed by atoms with E-state index in [1.807, 2.05) is 0 Å². The van der Waals surface area contributed by atoms with Crippen molar-refractivity contribution in [1.29, 1.82) is 0 Å². The molecule has 0 spiro atoms. The van der Waals surface area contributed by atoms with Crippen LogP contribution in [-0.2, 0) is 4.74 Å². The Labute approximate surface area is 114 Å². The normalized spacial score (nSPS) is 20.4. The summed E-state index contributed by atoms with van der Waals surface area (Å²) in [5.41, 5.74) is 0. The average Bonchev–Trinajstić information content (AvgIpc) is 2.91. The van der Waals surface area contributed by atoms with E-state index < -0.39 is 0 Å². The summed E-state index contributed by atoms with van der Waals surface area (Å²) in [6.07, 6.45) is 2.67. The molecule has 0 unspecified atom stereocenters.